The number of pyridine rings is 1. The van der Waals surface area contributed by atoms with Gasteiger partial charge in [-0.3, -0.25) is 14.5 Å². The predicted molar refractivity (Wildman–Crippen MR) is 165 cm³/mol. The highest BCUT2D eigenvalue weighted by Gasteiger charge is 2.24. The maximum Gasteiger partial charge on any atom is 0.255 e. The van der Waals surface area contributed by atoms with Crippen LogP contribution in [0.4, 0.5) is 10.8 Å². The third-order valence-electron chi connectivity index (χ3n) is 7.07. The van der Waals surface area contributed by atoms with Gasteiger partial charge in [0.05, 0.1) is 29.5 Å². The van der Waals surface area contributed by atoms with Crippen molar-refractivity contribution in [3.8, 4) is 17.7 Å². The first kappa shape index (κ1) is 30.1. The molecule has 1 aliphatic rings. The number of hydrogen-bond donors (Lipinski definition) is 2. The van der Waals surface area contributed by atoms with Gasteiger partial charge < -0.3 is 15.4 Å². The minimum Gasteiger partial charge on any atom is -0.439 e. The number of amides is 2. The molecular formula is C30H30N6O5S2. The zero-order valence-electron chi connectivity index (χ0n) is 23.9. The lowest BCUT2D eigenvalue weighted by molar-refractivity contribution is -0.117. The van der Waals surface area contributed by atoms with Crippen LogP contribution in [0.25, 0.3) is 10.3 Å². The van der Waals surface area contributed by atoms with Gasteiger partial charge in [-0.15, -0.1) is 0 Å². The van der Waals surface area contributed by atoms with E-state index in [9.17, 15) is 23.3 Å². The number of nitrogens with zero attached hydrogens (tertiary/aromatic N) is 4. The fraction of sp³-hybridized carbons (Fsp3) is 0.300. The summed E-state index contributed by atoms with van der Waals surface area (Å²) in [5.74, 6) is 0.350. The van der Waals surface area contributed by atoms with Gasteiger partial charge in [-0.25, -0.2) is 18.4 Å². The molecule has 2 aromatic carbocycles. The van der Waals surface area contributed by atoms with E-state index < -0.39 is 15.3 Å². The van der Waals surface area contributed by atoms with Gasteiger partial charge in [-0.2, -0.15) is 5.26 Å². The molecule has 43 heavy (non-hydrogen) atoms. The smallest absolute Gasteiger partial charge is 0.255 e. The van der Waals surface area contributed by atoms with Crippen molar-refractivity contribution in [2.75, 3.05) is 41.8 Å². The molecule has 5 rings (SSSR count). The second kappa shape index (κ2) is 12.1. The quantitative estimate of drug-likeness (QED) is 0.290. The lowest BCUT2D eigenvalue weighted by Gasteiger charge is -2.25. The Morgan fingerprint density at radius 1 is 1.07 bits per heavy atom. The largest absolute Gasteiger partial charge is 0.439 e. The van der Waals surface area contributed by atoms with Crippen LogP contribution in [0, 0.1) is 18.3 Å². The second-order valence-corrected chi connectivity index (χ2v) is 14.1. The van der Waals surface area contributed by atoms with E-state index in [0.717, 1.165) is 11.1 Å². The summed E-state index contributed by atoms with van der Waals surface area (Å²) in [6.45, 7) is 6.23. The van der Waals surface area contributed by atoms with Gasteiger partial charge in [0.25, 0.3) is 5.91 Å². The molecule has 0 bridgehead atoms. The van der Waals surface area contributed by atoms with Crippen molar-refractivity contribution < 1.29 is 22.7 Å². The monoisotopic (exact) mass is 618 g/mol. The van der Waals surface area contributed by atoms with Crippen molar-refractivity contribution in [2.45, 2.75) is 26.2 Å². The van der Waals surface area contributed by atoms with E-state index in [4.69, 9.17) is 4.74 Å². The van der Waals surface area contributed by atoms with Gasteiger partial charge in [0.2, 0.25) is 11.8 Å². The number of nitriles is 1. The van der Waals surface area contributed by atoms with Crippen LogP contribution < -0.4 is 15.4 Å². The van der Waals surface area contributed by atoms with Gasteiger partial charge in [0.15, 0.2) is 15.0 Å². The van der Waals surface area contributed by atoms with Gasteiger partial charge in [0.1, 0.15) is 16.1 Å². The fourth-order valence-electron chi connectivity index (χ4n) is 4.40. The number of carbonyl (C=O) groups is 2. The van der Waals surface area contributed by atoms with Crippen molar-refractivity contribution in [1.29, 1.82) is 5.26 Å². The Morgan fingerprint density at radius 3 is 2.58 bits per heavy atom. The summed E-state index contributed by atoms with van der Waals surface area (Å²) in [7, 11) is -3.01. The Kier molecular flexibility index (Phi) is 8.45. The van der Waals surface area contributed by atoms with Crippen molar-refractivity contribution in [2.24, 2.45) is 0 Å². The van der Waals surface area contributed by atoms with Crippen LogP contribution in [-0.4, -0.2) is 66.2 Å². The van der Waals surface area contributed by atoms with Crippen LogP contribution >= 0.6 is 11.3 Å². The lowest BCUT2D eigenvalue weighted by atomic mass is 9.85. The van der Waals surface area contributed by atoms with E-state index in [2.05, 4.69) is 26.7 Å². The van der Waals surface area contributed by atoms with Crippen molar-refractivity contribution in [3.05, 3.63) is 71.3 Å². The Labute approximate surface area is 253 Å². The molecule has 2 N–H and O–H groups in total. The number of carbonyl (C=O) groups excluding carboxylic acids is 2. The second-order valence-electron chi connectivity index (χ2n) is 10.8. The van der Waals surface area contributed by atoms with Crippen LogP contribution in [0.1, 0.15) is 35.3 Å². The lowest BCUT2D eigenvalue weighted by Crippen LogP contribution is -2.43. The summed E-state index contributed by atoms with van der Waals surface area (Å²) in [4.78, 5) is 36.8. The van der Waals surface area contributed by atoms with Crippen molar-refractivity contribution in [1.82, 2.24) is 14.9 Å². The number of rotatable bonds is 8. The average molecular weight is 619 g/mol. The molecule has 0 radical (unpaired) electrons. The van der Waals surface area contributed by atoms with Crippen LogP contribution in [0.2, 0.25) is 0 Å². The summed E-state index contributed by atoms with van der Waals surface area (Å²) in [6.07, 6.45) is 0. The molecule has 0 aliphatic carbocycles. The molecule has 2 aromatic heterocycles. The summed E-state index contributed by atoms with van der Waals surface area (Å²) in [5, 5.41) is 15.5. The van der Waals surface area contributed by atoms with Crippen LogP contribution in [0.15, 0.2) is 54.6 Å². The third-order valence-corrected chi connectivity index (χ3v) is 9.56. The molecule has 0 atom stereocenters. The summed E-state index contributed by atoms with van der Waals surface area (Å²) >= 11 is 1.20. The van der Waals surface area contributed by atoms with Crippen molar-refractivity contribution >= 4 is 54.2 Å². The van der Waals surface area contributed by atoms with Crippen LogP contribution in [0.5, 0.6) is 11.6 Å². The minimum atomic E-state index is -3.01. The Morgan fingerprint density at radius 2 is 1.84 bits per heavy atom. The molecule has 13 heteroatoms. The van der Waals surface area contributed by atoms with Gasteiger partial charge in [-0.1, -0.05) is 29.5 Å². The number of anilines is 2. The molecule has 222 valence electrons. The number of nitrogens with one attached hydrogen (secondary N) is 2. The number of fused-ring (bicyclic) bond motifs is 1. The number of ether oxygens (including phenoxy) is 1. The molecule has 0 unspecified atom stereocenters. The average Bonchev–Trinajstić information content (AvgIpc) is 3.37. The zero-order valence-corrected chi connectivity index (χ0v) is 25.5. The van der Waals surface area contributed by atoms with Crippen molar-refractivity contribution in [3.63, 3.8) is 0 Å². The number of aryl methyl sites for hydroxylation is 1. The van der Waals surface area contributed by atoms with Gasteiger partial charge in [0, 0.05) is 36.5 Å². The highest BCUT2D eigenvalue weighted by Crippen LogP contribution is 2.31. The molecule has 0 saturated carbocycles. The third kappa shape index (κ3) is 7.34. The maximum atomic E-state index is 13.0. The first-order valence-corrected chi connectivity index (χ1v) is 16.2. The Balaban J connectivity index is 1.25. The Hall–Kier alpha value is -4.38. The molecule has 3 heterocycles. The zero-order chi connectivity index (χ0) is 30.8. The number of benzene rings is 2. The van der Waals surface area contributed by atoms with E-state index in [1.54, 1.807) is 61.2 Å². The van der Waals surface area contributed by atoms with E-state index in [1.807, 2.05) is 19.1 Å². The molecule has 0 spiro atoms. The molecule has 2 amide bonds. The van der Waals surface area contributed by atoms with E-state index >= 15 is 0 Å². The number of aromatic nitrogens is 2. The summed E-state index contributed by atoms with van der Waals surface area (Å²) in [5.41, 5.74) is 2.43. The fourth-order valence-corrected chi connectivity index (χ4v) is 6.52. The normalized spacial score (nSPS) is 15.0. The van der Waals surface area contributed by atoms with E-state index in [-0.39, 0.29) is 29.9 Å². The van der Waals surface area contributed by atoms with Crippen LogP contribution in [0.3, 0.4) is 0 Å². The number of sulfone groups is 1. The topological polar surface area (TPSA) is 154 Å². The molecule has 11 nitrogen and oxygen atoms in total. The highest BCUT2D eigenvalue weighted by atomic mass is 32.2. The molecule has 4 aromatic rings. The van der Waals surface area contributed by atoms with E-state index in [1.165, 1.54) is 11.3 Å². The summed E-state index contributed by atoms with van der Waals surface area (Å²) in [6, 6.07) is 18.0. The Bertz CT molecular complexity index is 1850. The van der Waals surface area contributed by atoms with Crippen LogP contribution in [-0.2, 0) is 20.0 Å². The summed E-state index contributed by atoms with van der Waals surface area (Å²) < 4.78 is 29.3. The molecule has 1 saturated heterocycles. The SMILES string of the molecule is Cc1ccc(NC(=O)c2cccc(C(C)(C)C#N)c2)cc1Oc1ccc2nc(NC(=O)CN3CCS(=O)(=O)CC3)sc2n1. The maximum absolute atomic E-state index is 13.0. The highest BCUT2D eigenvalue weighted by molar-refractivity contribution is 7.91. The molecule has 1 fully saturated rings. The molecular weight excluding hydrogens is 589 g/mol. The predicted octanol–water partition coefficient (Wildman–Crippen LogP) is 4.51. The van der Waals surface area contributed by atoms with E-state index in [0.29, 0.717) is 51.4 Å². The van der Waals surface area contributed by atoms with Gasteiger partial charge >= 0.3 is 0 Å². The first-order chi connectivity index (χ1) is 20.4. The minimum absolute atomic E-state index is 0.0541. The number of thiazole rings is 1. The number of hydrogen-bond acceptors (Lipinski definition) is 10. The standard InChI is InChI=1S/C30H30N6O5S2/c1-19-7-8-22(32-27(38)20-5-4-6-21(15-20)30(2,3)18-31)16-24(19)41-26-10-9-23-28(35-26)42-29(33-23)34-25(37)17-36-11-13-43(39,40)14-12-36/h4-10,15-16H,11-14,17H2,1-3H3,(H,32,38)(H,33,34,37). The molecule has 1 aliphatic heterocycles. The van der Waals surface area contributed by atoms with Gasteiger partial charge in [-0.05, 0) is 56.2 Å². The first-order valence-electron chi connectivity index (χ1n) is 13.5.